The first-order chi connectivity index (χ1) is 10.6. The highest BCUT2D eigenvalue weighted by Gasteiger charge is 2.38. The molecule has 2 atom stereocenters. The first-order valence-electron chi connectivity index (χ1n) is 8.63. The van der Waals surface area contributed by atoms with Gasteiger partial charge in [0, 0.05) is 12.6 Å². The number of rotatable bonds is 2. The maximum absolute atomic E-state index is 12.7. The lowest BCUT2D eigenvalue weighted by Crippen LogP contribution is -2.51. The highest BCUT2D eigenvalue weighted by Crippen LogP contribution is 2.36. The number of hydrogen-bond acceptors (Lipinski definition) is 2. The van der Waals surface area contributed by atoms with Crippen LogP contribution in [0.1, 0.15) is 57.9 Å². The van der Waals surface area contributed by atoms with E-state index in [9.17, 15) is 4.79 Å². The topological polar surface area (TPSA) is 29.5 Å². The van der Waals surface area contributed by atoms with Gasteiger partial charge in [-0.3, -0.25) is 0 Å². The summed E-state index contributed by atoms with van der Waals surface area (Å²) in [5.74, 6) is 0.690. The summed E-state index contributed by atoms with van der Waals surface area (Å²) in [4.78, 5) is 14.8. The van der Waals surface area contributed by atoms with Crippen LogP contribution in [0.4, 0.5) is 4.79 Å². The minimum Gasteiger partial charge on any atom is -0.438 e. The van der Waals surface area contributed by atoms with Crippen LogP contribution >= 0.6 is 0 Å². The van der Waals surface area contributed by atoms with Gasteiger partial charge in [-0.05, 0) is 51.0 Å². The average Bonchev–Trinajstić information content (AvgIpc) is 2.54. The number of nitrogens with zero attached hydrogens (tertiary/aromatic N) is 1. The molecule has 2 fully saturated rings. The highest BCUT2D eigenvalue weighted by atomic mass is 16.6. The monoisotopic (exact) mass is 301 g/mol. The first kappa shape index (κ1) is 15.4. The standard InChI is InChI=1S/C19H27NO2/c1-19(2,16-11-4-3-5-12-16)22-18(21)20-14-8-10-15-9-6-7-13-17(15)20/h3-5,11-12,15,17H,6-10,13-14H2,1-2H3. The lowest BCUT2D eigenvalue weighted by Gasteiger charge is -2.44. The second-order valence-corrected chi connectivity index (χ2v) is 7.19. The van der Waals surface area contributed by atoms with Crippen LogP contribution in [0.2, 0.25) is 0 Å². The molecule has 3 nitrogen and oxygen atoms in total. The largest absolute Gasteiger partial charge is 0.438 e. The maximum Gasteiger partial charge on any atom is 0.410 e. The molecule has 1 aliphatic heterocycles. The number of carbonyl (C=O) groups is 1. The van der Waals surface area contributed by atoms with Crippen molar-refractivity contribution < 1.29 is 9.53 Å². The van der Waals surface area contributed by atoms with Crippen LogP contribution in [-0.4, -0.2) is 23.6 Å². The summed E-state index contributed by atoms with van der Waals surface area (Å²) in [7, 11) is 0. The molecule has 0 aromatic heterocycles. The quantitative estimate of drug-likeness (QED) is 0.791. The van der Waals surface area contributed by atoms with Gasteiger partial charge in [-0.1, -0.05) is 43.2 Å². The van der Waals surface area contributed by atoms with E-state index in [-0.39, 0.29) is 6.09 Å². The molecule has 1 aromatic carbocycles. The average molecular weight is 301 g/mol. The Morgan fingerprint density at radius 1 is 1.09 bits per heavy atom. The summed E-state index contributed by atoms with van der Waals surface area (Å²) in [6.45, 7) is 4.80. The molecule has 3 rings (SSSR count). The summed E-state index contributed by atoms with van der Waals surface area (Å²) in [5.41, 5.74) is 0.459. The Bertz CT molecular complexity index is 509. The minimum atomic E-state index is -0.583. The number of fused-ring (bicyclic) bond motifs is 1. The molecule has 1 saturated carbocycles. The van der Waals surface area contributed by atoms with Gasteiger partial charge in [0.05, 0.1) is 0 Å². The molecule has 1 aromatic rings. The summed E-state index contributed by atoms with van der Waals surface area (Å²) in [5, 5.41) is 0. The molecule has 1 amide bonds. The van der Waals surface area contributed by atoms with Crippen LogP contribution in [0.3, 0.4) is 0 Å². The number of carbonyl (C=O) groups excluding carboxylic acids is 1. The zero-order valence-corrected chi connectivity index (χ0v) is 13.8. The molecule has 1 heterocycles. The highest BCUT2D eigenvalue weighted by molar-refractivity contribution is 5.69. The van der Waals surface area contributed by atoms with E-state index in [1.807, 2.05) is 49.1 Å². The Morgan fingerprint density at radius 2 is 1.77 bits per heavy atom. The predicted octanol–water partition coefficient (Wildman–Crippen LogP) is 4.71. The van der Waals surface area contributed by atoms with Gasteiger partial charge in [0.2, 0.25) is 0 Å². The van der Waals surface area contributed by atoms with E-state index in [0.717, 1.165) is 24.9 Å². The van der Waals surface area contributed by atoms with Gasteiger partial charge in [-0.15, -0.1) is 0 Å². The van der Waals surface area contributed by atoms with Gasteiger partial charge in [0.15, 0.2) is 0 Å². The molecular formula is C19H27NO2. The SMILES string of the molecule is CC(C)(OC(=O)N1CCCC2CCCCC21)c1ccccc1. The first-order valence-corrected chi connectivity index (χ1v) is 8.63. The van der Waals surface area contributed by atoms with Gasteiger partial charge in [-0.25, -0.2) is 4.79 Å². The molecular weight excluding hydrogens is 274 g/mol. The molecule has 2 unspecified atom stereocenters. The lowest BCUT2D eigenvalue weighted by atomic mass is 9.78. The van der Waals surface area contributed by atoms with Crippen molar-refractivity contribution in [2.45, 2.75) is 64.0 Å². The Balaban J connectivity index is 1.70. The summed E-state index contributed by atoms with van der Waals surface area (Å²) in [6, 6.07) is 10.4. The fourth-order valence-electron chi connectivity index (χ4n) is 4.03. The molecule has 1 saturated heterocycles. The van der Waals surface area contributed by atoms with Crippen LogP contribution in [-0.2, 0) is 10.3 Å². The van der Waals surface area contributed by atoms with Crippen LogP contribution in [0.25, 0.3) is 0 Å². The third-order valence-electron chi connectivity index (χ3n) is 5.29. The Labute approximate surface area is 133 Å². The third kappa shape index (κ3) is 3.13. The van der Waals surface area contributed by atoms with Crippen molar-refractivity contribution in [2.24, 2.45) is 5.92 Å². The molecule has 0 spiro atoms. The minimum absolute atomic E-state index is 0.134. The number of amides is 1. The lowest BCUT2D eigenvalue weighted by molar-refractivity contribution is -0.0173. The number of likely N-dealkylation sites (tertiary alicyclic amines) is 1. The normalized spacial score (nSPS) is 25.5. The van der Waals surface area contributed by atoms with Crippen LogP contribution in [0, 0.1) is 5.92 Å². The number of hydrogen-bond donors (Lipinski definition) is 0. The van der Waals surface area contributed by atoms with Gasteiger partial charge < -0.3 is 9.64 Å². The van der Waals surface area contributed by atoms with E-state index in [0.29, 0.717) is 12.0 Å². The molecule has 2 aliphatic rings. The third-order valence-corrected chi connectivity index (χ3v) is 5.29. The van der Waals surface area contributed by atoms with Gasteiger partial charge in [-0.2, -0.15) is 0 Å². The van der Waals surface area contributed by atoms with Crippen LogP contribution in [0.15, 0.2) is 30.3 Å². The molecule has 1 aliphatic carbocycles. The van der Waals surface area contributed by atoms with Gasteiger partial charge >= 0.3 is 6.09 Å². The van der Waals surface area contributed by atoms with Crippen molar-refractivity contribution >= 4 is 6.09 Å². The Kier molecular flexibility index (Phi) is 4.42. The smallest absolute Gasteiger partial charge is 0.410 e. The van der Waals surface area contributed by atoms with E-state index < -0.39 is 5.60 Å². The molecule has 0 N–H and O–H groups in total. The molecule has 0 radical (unpaired) electrons. The fraction of sp³-hybridized carbons (Fsp3) is 0.632. The molecule has 0 bridgehead atoms. The number of benzene rings is 1. The maximum atomic E-state index is 12.7. The Hall–Kier alpha value is -1.51. The summed E-state index contributed by atoms with van der Waals surface area (Å²) >= 11 is 0. The van der Waals surface area contributed by atoms with Crippen molar-refractivity contribution in [3.63, 3.8) is 0 Å². The zero-order chi connectivity index (χ0) is 15.6. The second-order valence-electron chi connectivity index (χ2n) is 7.19. The zero-order valence-electron chi connectivity index (χ0n) is 13.8. The van der Waals surface area contributed by atoms with Crippen LogP contribution in [0.5, 0.6) is 0 Å². The van der Waals surface area contributed by atoms with Crippen molar-refractivity contribution in [1.82, 2.24) is 4.90 Å². The predicted molar refractivity (Wildman–Crippen MR) is 87.6 cm³/mol. The van der Waals surface area contributed by atoms with Gasteiger partial charge in [0.1, 0.15) is 5.60 Å². The van der Waals surface area contributed by atoms with Crippen molar-refractivity contribution in [3.8, 4) is 0 Å². The molecule has 22 heavy (non-hydrogen) atoms. The van der Waals surface area contributed by atoms with Crippen molar-refractivity contribution in [3.05, 3.63) is 35.9 Å². The van der Waals surface area contributed by atoms with E-state index in [1.165, 1.54) is 25.7 Å². The van der Waals surface area contributed by atoms with E-state index in [1.54, 1.807) is 0 Å². The van der Waals surface area contributed by atoms with Crippen LogP contribution < -0.4 is 0 Å². The summed E-state index contributed by atoms with van der Waals surface area (Å²) < 4.78 is 5.90. The molecule has 120 valence electrons. The summed E-state index contributed by atoms with van der Waals surface area (Å²) in [6.07, 6.45) is 7.23. The van der Waals surface area contributed by atoms with E-state index >= 15 is 0 Å². The fourth-order valence-corrected chi connectivity index (χ4v) is 4.03. The Morgan fingerprint density at radius 3 is 2.55 bits per heavy atom. The van der Waals surface area contributed by atoms with E-state index in [2.05, 4.69) is 0 Å². The van der Waals surface area contributed by atoms with Crippen molar-refractivity contribution in [1.29, 1.82) is 0 Å². The molecule has 3 heteroatoms. The number of piperidine rings is 1. The van der Waals surface area contributed by atoms with Crippen molar-refractivity contribution in [2.75, 3.05) is 6.54 Å². The second kappa shape index (κ2) is 6.31. The van der Waals surface area contributed by atoms with Gasteiger partial charge in [0.25, 0.3) is 0 Å². The van der Waals surface area contributed by atoms with E-state index in [4.69, 9.17) is 4.74 Å². The number of ether oxygens (including phenoxy) is 1.